The number of rotatable bonds is 6. The number of fused-ring (bicyclic) bond motifs is 1. The van der Waals surface area contributed by atoms with Crippen LogP contribution in [0.15, 0.2) is 42.5 Å². The molecule has 0 bridgehead atoms. The maximum atomic E-state index is 12.5. The average molecular weight is 354 g/mol. The SMILES string of the molecule is CCOC(=O)c1c(N)c2ccc(OC)cc2n1Cc1ccc(OC)cc1. The first-order valence-electron chi connectivity index (χ1n) is 8.34. The van der Waals surface area contributed by atoms with Gasteiger partial charge >= 0.3 is 5.97 Å². The van der Waals surface area contributed by atoms with Crippen LogP contribution in [0.25, 0.3) is 10.9 Å². The van der Waals surface area contributed by atoms with Gasteiger partial charge in [-0.15, -0.1) is 0 Å². The summed E-state index contributed by atoms with van der Waals surface area (Å²) in [7, 11) is 3.23. The maximum absolute atomic E-state index is 12.5. The molecule has 3 rings (SSSR count). The van der Waals surface area contributed by atoms with Gasteiger partial charge < -0.3 is 24.5 Å². The molecule has 0 spiro atoms. The minimum Gasteiger partial charge on any atom is -0.497 e. The number of anilines is 1. The third-order valence-corrected chi connectivity index (χ3v) is 4.28. The summed E-state index contributed by atoms with van der Waals surface area (Å²) in [6.07, 6.45) is 0. The van der Waals surface area contributed by atoms with E-state index in [0.29, 0.717) is 23.7 Å². The number of methoxy groups -OCH3 is 2. The normalized spacial score (nSPS) is 10.7. The third-order valence-electron chi connectivity index (χ3n) is 4.28. The molecular formula is C20H22N2O4. The molecule has 6 nitrogen and oxygen atoms in total. The number of ether oxygens (including phenoxy) is 3. The summed E-state index contributed by atoms with van der Waals surface area (Å²) in [6, 6.07) is 13.2. The molecule has 1 heterocycles. The van der Waals surface area contributed by atoms with Crippen LogP contribution in [-0.4, -0.2) is 31.4 Å². The quantitative estimate of drug-likeness (QED) is 0.686. The van der Waals surface area contributed by atoms with Crippen LogP contribution in [0.5, 0.6) is 11.5 Å². The lowest BCUT2D eigenvalue weighted by atomic mass is 10.2. The van der Waals surface area contributed by atoms with Crippen LogP contribution in [0.3, 0.4) is 0 Å². The molecule has 0 aliphatic heterocycles. The van der Waals surface area contributed by atoms with Crippen molar-refractivity contribution >= 4 is 22.6 Å². The van der Waals surface area contributed by atoms with Gasteiger partial charge in [-0.3, -0.25) is 0 Å². The highest BCUT2D eigenvalue weighted by atomic mass is 16.5. The molecule has 0 saturated carbocycles. The van der Waals surface area contributed by atoms with Crippen LogP contribution in [0.1, 0.15) is 23.0 Å². The van der Waals surface area contributed by atoms with Crippen molar-refractivity contribution in [2.45, 2.75) is 13.5 Å². The van der Waals surface area contributed by atoms with E-state index in [1.165, 1.54) is 0 Å². The van der Waals surface area contributed by atoms with Crippen LogP contribution in [0, 0.1) is 0 Å². The molecular weight excluding hydrogens is 332 g/mol. The zero-order valence-electron chi connectivity index (χ0n) is 15.1. The van der Waals surface area contributed by atoms with Gasteiger partial charge in [-0.25, -0.2) is 4.79 Å². The van der Waals surface area contributed by atoms with Gasteiger partial charge in [0, 0.05) is 18.0 Å². The number of nitrogens with two attached hydrogens (primary N) is 1. The van der Waals surface area contributed by atoms with Crippen molar-refractivity contribution in [2.24, 2.45) is 0 Å². The first-order valence-corrected chi connectivity index (χ1v) is 8.34. The summed E-state index contributed by atoms with van der Waals surface area (Å²) >= 11 is 0. The van der Waals surface area contributed by atoms with E-state index in [1.807, 2.05) is 47.0 Å². The summed E-state index contributed by atoms with van der Waals surface area (Å²) in [5.74, 6) is 1.04. The van der Waals surface area contributed by atoms with Crippen molar-refractivity contribution in [3.63, 3.8) is 0 Å². The van der Waals surface area contributed by atoms with E-state index in [4.69, 9.17) is 19.9 Å². The second-order valence-electron chi connectivity index (χ2n) is 5.80. The molecule has 0 atom stereocenters. The topological polar surface area (TPSA) is 75.7 Å². The van der Waals surface area contributed by atoms with Gasteiger partial charge in [0.1, 0.15) is 11.5 Å². The van der Waals surface area contributed by atoms with Gasteiger partial charge in [0.25, 0.3) is 0 Å². The maximum Gasteiger partial charge on any atom is 0.357 e. The molecule has 0 radical (unpaired) electrons. The molecule has 1 aromatic heterocycles. The van der Waals surface area contributed by atoms with Crippen molar-refractivity contribution in [2.75, 3.05) is 26.6 Å². The molecule has 0 unspecified atom stereocenters. The van der Waals surface area contributed by atoms with E-state index in [1.54, 1.807) is 21.1 Å². The van der Waals surface area contributed by atoms with E-state index < -0.39 is 5.97 Å². The number of benzene rings is 2. The highest BCUT2D eigenvalue weighted by Crippen LogP contribution is 2.32. The van der Waals surface area contributed by atoms with Crippen LogP contribution >= 0.6 is 0 Å². The summed E-state index contributed by atoms with van der Waals surface area (Å²) < 4.78 is 17.6. The molecule has 6 heteroatoms. The van der Waals surface area contributed by atoms with Crippen molar-refractivity contribution in [1.29, 1.82) is 0 Å². The van der Waals surface area contributed by atoms with E-state index in [0.717, 1.165) is 22.2 Å². The highest BCUT2D eigenvalue weighted by molar-refractivity contribution is 6.06. The summed E-state index contributed by atoms with van der Waals surface area (Å²) in [6.45, 7) is 2.53. The van der Waals surface area contributed by atoms with Crippen LogP contribution in [0.2, 0.25) is 0 Å². The Morgan fingerprint density at radius 3 is 2.31 bits per heavy atom. The van der Waals surface area contributed by atoms with E-state index in [9.17, 15) is 4.79 Å². The lowest BCUT2D eigenvalue weighted by Crippen LogP contribution is -2.14. The first kappa shape index (κ1) is 17.7. The van der Waals surface area contributed by atoms with Gasteiger partial charge in [0.15, 0.2) is 5.69 Å². The predicted octanol–water partition coefficient (Wildman–Crippen LogP) is 3.47. The fourth-order valence-corrected chi connectivity index (χ4v) is 2.98. The average Bonchev–Trinajstić information content (AvgIpc) is 2.94. The Kier molecular flexibility index (Phi) is 5.02. The lowest BCUT2D eigenvalue weighted by molar-refractivity contribution is 0.0516. The molecule has 0 aliphatic rings. The van der Waals surface area contributed by atoms with E-state index in [-0.39, 0.29) is 6.61 Å². The largest absolute Gasteiger partial charge is 0.497 e. The lowest BCUT2D eigenvalue weighted by Gasteiger charge is -2.11. The second kappa shape index (κ2) is 7.39. The standard InChI is InChI=1S/C20H22N2O4/c1-4-26-20(23)19-18(21)16-10-9-15(25-3)11-17(16)22(19)12-13-5-7-14(24-2)8-6-13/h5-11H,4,12,21H2,1-3H3. The monoisotopic (exact) mass is 354 g/mol. The fourth-order valence-electron chi connectivity index (χ4n) is 2.98. The smallest absolute Gasteiger partial charge is 0.357 e. The highest BCUT2D eigenvalue weighted by Gasteiger charge is 2.22. The van der Waals surface area contributed by atoms with Crippen LogP contribution in [0.4, 0.5) is 5.69 Å². The van der Waals surface area contributed by atoms with Gasteiger partial charge in [-0.1, -0.05) is 12.1 Å². The molecule has 136 valence electrons. The molecule has 26 heavy (non-hydrogen) atoms. The van der Waals surface area contributed by atoms with Crippen molar-refractivity contribution in [3.8, 4) is 11.5 Å². The summed E-state index contributed by atoms with van der Waals surface area (Å²) in [5, 5.41) is 0.794. The Balaban J connectivity index is 2.15. The molecule has 2 aromatic carbocycles. The van der Waals surface area contributed by atoms with Crippen molar-refractivity contribution < 1.29 is 19.0 Å². The Labute approximate surface area is 152 Å². The number of hydrogen-bond donors (Lipinski definition) is 1. The molecule has 0 amide bonds. The van der Waals surface area contributed by atoms with Gasteiger partial charge in [0.05, 0.1) is 32.0 Å². The molecule has 2 N–H and O–H groups in total. The number of hydrogen-bond acceptors (Lipinski definition) is 5. The summed E-state index contributed by atoms with van der Waals surface area (Å²) in [5.41, 5.74) is 8.87. The fraction of sp³-hybridized carbons (Fsp3) is 0.250. The predicted molar refractivity (Wildman–Crippen MR) is 101 cm³/mol. The minimum atomic E-state index is -0.436. The number of nitrogen functional groups attached to an aromatic ring is 1. The zero-order valence-corrected chi connectivity index (χ0v) is 15.1. The number of carbonyl (C=O) groups excluding carboxylic acids is 1. The number of nitrogens with zero attached hydrogens (tertiary/aromatic N) is 1. The molecule has 0 fully saturated rings. The number of aromatic nitrogens is 1. The third kappa shape index (κ3) is 3.18. The molecule has 0 aliphatic carbocycles. The van der Waals surface area contributed by atoms with Crippen molar-refractivity contribution in [3.05, 3.63) is 53.7 Å². The molecule has 0 saturated heterocycles. The van der Waals surface area contributed by atoms with Gasteiger partial charge in [-0.05, 0) is 36.8 Å². The minimum absolute atomic E-state index is 0.283. The Bertz CT molecular complexity index is 929. The van der Waals surface area contributed by atoms with Gasteiger partial charge in [-0.2, -0.15) is 0 Å². The van der Waals surface area contributed by atoms with E-state index >= 15 is 0 Å². The van der Waals surface area contributed by atoms with Gasteiger partial charge in [0.2, 0.25) is 0 Å². The van der Waals surface area contributed by atoms with Crippen LogP contribution in [-0.2, 0) is 11.3 Å². The first-order chi connectivity index (χ1) is 12.6. The Morgan fingerprint density at radius 1 is 1.04 bits per heavy atom. The zero-order chi connectivity index (χ0) is 18.7. The second-order valence-corrected chi connectivity index (χ2v) is 5.80. The van der Waals surface area contributed by atoms with E-state index in [2.05, 4.69) is 0 Å². The number of carbonyl (C=O) groups is 1. The Hall–Kier alpha value is -3.15. The Morgan fingerprint density at radius 2 is 1.69 bits per heavy atom. The van der Waals surface area contributed by atoms with Crippen molar-refractivity contribution in [1.82, 2.24) is 4.57 Å². The number of esters is 1. The molecule has 3 aromatic rings. The van der Waals surface area contributed by atoms with Crippen LogP contribution < -0.4 is 15.2 Å². The summed E-state index contributed by atoms with van der Waals surface area (Å²) in [4.78, 5) is 12.5.